The number of hydrogen-bond acceptors (Lipinski definition) is 2. The van der Waals surface area contributed by atoms with Crippen molar-refractivity contribution >= 4 is 45.9 Å². The summed E-state index contributed by atoms with van der Waals surface area (Å²) in [5, 5.41) is 15.8. The topological polar surface area (TPSA) is 60.2 Å². The van der Waals surface area contributed by atoms with Gasteiger partial charge in [-0.1, -0.05) is 40.2 Å². The lowest BCUT2D eigenvalue weighted by molar-refractivity contribution is 0.645. The van der Waals surface area contributed by atoms with E-state index in [1.54, 1.807) is 7.05 Å². The van der Waals surface area contributed by atoms with E-state index in [9.17, 15) is 0 Å². The molecule has 136 valence electrons. The van der Waals surface area contributed by atoms with Crippen LogP contribution < -0.4 is 10.6 Å². The summed E-state index contributed by atoms with van der Waals surface area (Å²) in [5.74, 6) is 0.781. The summed E-state index contributed by atoms with van der Waals surface area (Å²) in [4.78, 5) is 4.31. The van der Waals surface area contributed by atoms with Crippen LogP contribution in [0.5, 0.6) is 0 Å². The number of aliphatic imine (C=N–C) groups is 1. The Morgan fingerprint density at radius 2 is 1.96 bits per heavy atom. The molecule has 0 unspecified atom stereocenters. The maximum Gasteiger partial charge on any atom is 0.191 e. The number of nitriles is 1. The van der Waals surface area contributed by atoms with E-state index in [4.69, 9.17) is 5.26 Å². The molecule has 0 heterocycles. The average Bonchev–Trinajstić information content (AvgIpc) is 3.43. The van der Waals surface area contributed by atoms with Gasteiger partial charge in [0.15, 0.2) is 5.96 Å². The lowest BCUT2D eigenvalue weighted by atomic mass is 9.96. The van der Waals surface area contributed by atoms with Gasteiger partial charge in [-0.2, -0.15) is 5.26 Å². The Balaban J connectivity index is 0.00000243. The zero-order valence-corrected chi connectivity index (χ0v) is 18.5. The van der Waals surface area contributed by atoms with E-state index in [1.807, 2.05) is 24.3 Å². The molecule has 2 N–H and O–H groups in total. The summed E-state index contributed by atoms with van der Waals surface area (Å²) in [6.07, 6.45) is 2.38. The second kappa shape index (κ2) is 9.38. The van der Waals surface area contributed by atoms with Gasteiger partial charge in [-0.3, -0.25) is 4.99 Å². The van der Waals surface area contributed by atoms with Gasteiger partial charge in [-0.05, 0) is 48.2 Å². The van der Waals surface area contributed by atoms with Gasteiger partial charge in [0.25, 0.3) is 0 Å². The minimum Gasteiger partial charge on any atom is -0.356 e. The van der Waals surface area contributed by atoms with E-state index in [0.29, 0.717) is 12.1 Å². The highest BCUT2D eigenvalue weighted by Gasteiger charge is 2.44. The van der Waals surface area contributed by atoms with Gasteiger partial charge in [0, 0.05) is 30.0 Å². The molecule has 1 saturated carbocycles. The molecular formula is C20H22BrIN4. The quantitative estimate of drug-likeness (QED) is 0.347. The largest absolute Gasteiger partial charge is 0.356 e. The Kier molecular flexibility index (Phi) is 7.47. The zero-order chi connectivity index (χ0) is 17.7. The third-order valence-electron chi connectivity index (χ3n) is 4.62. The summed E-state index contributed by atoms with van der Waals surface area (Å²) in [6.45, 7) is 1.50. The fraction of sp³-hybridized carbons (Fsp3) is 0.300. The molecule has 0 amide bonds. The predicted molar refractivity (Wildman–Crippen MR) is 120 cm³/mol. The normalized spacial score (nSPS) is 14.7. The molecule has 0 saturated heterocycles. The lowest BCUT2D eigenvalue weighted by Crippen LogP contribution is -2.40. The van der Waals surface area contributed by atoms with Gasteiger partial charge in [0.05, 0.1) is 11.6 Å². The first-order chi connectivity index (χ1) is 12.1. The maximum atomic E-state index is 8.98. The first-order valence-electron chi connectivity index (χ1n) is 8.35. The van der Waals surface area contributed by atoms with Gasteiger partial charge in [-0.15, -0.1) is 24.0 Å². The van der Waals surface area contributed by atoms with Gasteiger partial charge in [0.1, 0.15) is 0 Å². The van der Waals surface area contributed by atoms with Crippen LogP contribution in [0.1, 0.15) is 29.5 Å². The predicted octanol–water partition coefficient (Wildman–Crippen LogP) is 4.34. The molecule has 0 spiro atoms. The summed E-state index contributed by atoms with van der Waals surface area (Å²) in [5.41, 5.74) is 3.32. The van der Waals surface area contributed by atoms with Gasteiger partial charge in [0.2, 0.25) is 0 Å². The van der Waals surface area contributed by atoms with Crippen LogP contribution in [0.25, 0.3) is 0 Å². The summed E-state index contributed by atoms with van der Waals surface area (Å²) in [7, 11) is 1.78. The van der Waals surface area contributed by atoms with Crippen LogP contribution in [0, 0.1) is 11.3 Å². The summed E-state index contributed by atoms with van der Waals surface area (Å²) >= 11 is 3.56. The molecule has 0 radical (unpaired) electrons. The molecule has 3 rings (SSSR count). The van der Waals surface area contributed by atoms with Crippen LogP contribution in [0.2, 0.25) is 0 Å². The van der Waals surface area contributed by atoms with Gasteiger partial charge in [-0.25, -0.2) is 0 Å². The van der Waals surface area contributed by atoms with E-state index in [2.05, 4.69) is 61.9 Å². The minimum absolute atomic E-state index is 0. The van der Waals surface area contributed by atoms with Crippen molar-refractivity contribution in [1.82, 2.24) is 10.6 Å². The lowest BCUT2D eigenvalue weighted by Gasteiger charge is -2.19. The average molecular weight is 525 g/mol. The van der Waals surface area contributed by atoms with Crippen molar-refractivity contribution in [1.29, 1.82) is 5.26 Å². The van der Waals surface area contributed by atoms with Crippen molar-refractivity contribution in [3.8, 4) is 6.07 Å². The van der Waals surface area contributed by atoms with Crippen LogP contribution in [0.3, 0.4) is 0 Å². The van der Waals surface area contributed by atoms with Crippen molar-refractivity contribution in [2.24, 2.45) is 4.99 Å². The monoisotopic (exact) mass is 524 g/mol. The van der Waals surface area contributed by atoms with Crippen molar-refractivity contribution in [3.63, 3.8) is 0 Å². The molecule has 0 atom stereocenters. The van der Waals surface area contributed by atoms with Crippen molar-refractivity contribution < 1.29 is 0 Å². The number of nitrogens with zero attached hydrogens (tertiary/aromatic N) is 2. The Bertz CT molecular complexity index is 825. The van der Waals surface area contributed by atoms with Crippen LogP contribution in [0.15, 0.2) is 58.0 Å². The smallest absolute Gasteiger partial charge is 0.191 e. The Hall–Kier alpha value is -1.59. The zero-order valence-electron chi connectivity index (χ0n) is 14.6. The maximum absolute atomic E-state index is 8.98. The molecule has 0 aromatic heterocycles. The second-order valence-corrected chi connectivity index (χ2v) is 7.30. The minimum atomic E-state index is 0. The molecule has 1 aliphatic carbocycles. The molecule has 1 fully saturated rings. The van der Waals surface area contributed by atoms with E-state index >= 15 is 0 Å². The molecule has 6 heteroatoms. The third kappa shape index (κ3) is 5.21. The number of guanidine groups is 1. The first kappa shape index (κ1) is 20.7. The van der Waals surface area contributed by atoms with E-state index in [0.717, 1.165) is 22.5 Å². The Morgan fingerprint density at radius 1 is 1.19 bits per heavy atom. The van der Waals surface area contributed by atoms with E-state index < -0.39 is 0 Å². The number of rotatable bonds is 5. The van der Waals surface area contributed by atoms with Crippen LogP contribution >= 0.6 is 39.9 Å². The molecule has 1 aliphatic rings. The fourth-order valence-electron chi connectivity index (χ4n) is 2.95. The molecular weight excluding hydrogens is 503 g/mol. The van der Waals surface area contributed by atoms with Crippen molar-refractivity contribution in [2.45, 2.75) is 24.8 Å². The van der Waals surface area contributed by atoms with Crippen LogP contribution in [-0.2, 0) is 12.0 Å². The molecule has 4 nitrogen and oxygen atoms in total. The molecule has 0 aliphatic heterocycles. The number of benzene rings is 2. The second-order valence-electron chi connectivity index (χ2n) is 6.38. The standard InChI is InChI=1S/C20H21BrN4.HI/c1-23-19(24-13-16-5-2-4-15(10-16)12-22)25-14-20(8-9-20)17-6-3-7-18(21)11-17;/h2-7,10-11H,8-9,13-14H2,1H3,(H2,23,24,25);1H. The SMILES string of the molecule is CN=C(NCc1cccc(C#N)c1)NCC1(c2cccc(Br)c2)CC1.I. The highest BCUT2D eigenvalue weighted by atomic mass is 127. The first-order valence-corrected chi connectivity index (χ1v) is 9.14. The van der Waals surface area contributed by atoms with Crippen LogP contribution in [0.4, 0.5) is 0 Å². The van der Waals surface area contributed by atoms with Crippen molar-refractivity contribution in [3.05, 3.63) is 69.7 Å². The Labute approximate surface area is 180 Å². The van der Waals surface area contributed by atoms with Gasteiger partial charge >= 0.3 is 0 Å². The van der Waals surface area contributed by atoms with E-state index in [1.165, 1.54) is 18.4 Å². The molecule has 2 aromatic carbocycles. The highest BCUT2D eigenvalue weighted by Crippen LogP contribution is 2.48. The van der Waals surface area contributed by atoms with E-state index in [-0.39, 0.29) is 29.4 Å². The number of halogens is 2. The van der Waals surface area contributed by atoms with Crippen LogP contribution in [-0.4, -0.2) is 19.6 Å². The molecule has 0 bridgehead atoms. The highest BCUT2D eigenvalue weighted by molar-refractivity contribution is 14.0. The fourth-order valence-corrected chi connectivity index (χ4v) is 3.35. The summed E-state index contributed by atoms with van der Waals surface area (Å²) in [6, 6.07) is 18.3. The number of nitrogens with one attached hydrogen (secondary N) is 2. The van der Waals surface area contributed by atoms with Gasteiger partial charge < -0.3 is 10.6 Å². The number of hydrogen-bond donors (Lipinski definition) is 2. The van der Waals surface area contributed by atoms with Crippen molar-refractivity contribution in [2.75, 3.05) is 13.6 Å². The molecule has 2 aromatic rings. The third-order valence-corrected chi connectivity index (χ3v) is 5.12. The Morgan fingerprint density at radius 3 is 2.62 bits per heavy atom. The molecule has 26 heavy (non-hydrogen) atoms. The summed E-state index contributed by atoms with van der Waals surface area (Å²) < 4.78 is 1.12.